The molecule has 2 aromatic carbocycles. The van der Waals surface area contributed by atoms with E-state index in [2.05, 4.69) is 0 Å². The zero-order valence-electron chi connectivity index (χ0n) is 16.1. The van der Waals surface area contributed by atoms with Gasteiger partial charge in [-0.3, -0.25) is 4.79 Å². The normalized spacial score (nSPS) is 21.2. The largest absolute Gasteiger partial charge is 0.466 e. The van der Waals surface area contributed by atoms with E-state index < -0.39 is 38.3 Å². The number of rotatable bonds is 6. The van der Waals surface area contributed by atoms with Crippen molar-refractivity contribution in [2.75, 3.05) is 19.4 Å². The second-order valence-corrected chi connectivity index (χ2v) is 10.3. The second-order valence-electron chi connectivity index (χ2n) is 6.82. The van der Waals surface area contributed by atoms with E-state index in [4.69, 9.17) is 8.92 Å². The summed E-state index contributed by atoms with van der Waals surface area (Å²) in [5, 5.41) is 1.60. The van der Waals surface area contributed by atoms with E-state index in [9.17, 15) is 21.6 Å². The van der Waals surface area contributed by atoms with Gasteiger partial charge in [-0.1, -0.05) is 30.3 Å². The average molecular weight is 442 g/mol. The summed E-state index contributed by atoms with van der Waals surface area (Å²) in [6.45, 7) is 1.75. The molecule has 0 aromatic heterocycles. The van der Waals surface area contributed by atoms with Gasteiger partial charge in [0.05, 0.1) is 23.7 Å². The van der Waals surface area contributed by atoms with Gasteiger partial charge in [-0.2, -0.15) is 12.7 Å². The molecule has 0 spiro atoms. The van der Waals surface area contributed by atoms with E-state index >= 15 is 0 Å². The van der Waals surface area contributed by atoms with Crippen LogP contribution in [0, 0.1) is 5.92 Å². The molecule has 2 unspecified atom stereocenters. The van der Waals surface area contributed by atoms with Crippen LogP contribution in [0.25, 0.3) is 10.8 Å². The number of nitrogens with zero attached hydrogens (tertiary/aromatic N) is 1. The van der Waals surface area contributed by atoms with Crippen molar-refractivity contribution in [2.24, 2.45) is 5.92 Å². The molecular weight excluding hydrogens is 418 g/mol. The predicted octanol–water partition coefficient (Wildman–Crippen LogP) is 2.11. The summed E-state index contributed by atoms with van der Waals surface area (Å²) in [5.41, 5.74) is 0. The number of carbonyl (C=O) groups is 1. The van der Waals surface area contributed by atoms with Gasteiger partial charge in [-0.05, 0) is 42.7 Å². The molecule has 29 heavy (non-hydrogen) atoms. The van der Waals surface area contributed by atoms with Crippen molar-refractivity contribution in [3.63, 3.8) is 0 Å². The molecule has 0 saturated carbocycles. The Hall–Kier alpha value is -2.01. The molecule has 0 bridgehead atoms. The first-order valence-corrected chi connectivity index (χ1v) is 12.4. The molecule has 1 aliphatic heterocycles. The highest BCUT2D eigenvalue weighted by atomic mass is 32.2. The lowest BCUT2D eigenvalue weighted by molar-refractivity contribution is -0.156. The minimum absolute atomic E-state index is 0.00260. The number of piperidine rings is 1. The lowest BCUT2D eigenvalue weighted by Gasteiger charge is -2.37. The zero-order chi connectivity index (χ0) is 21.2. The summed E-state index contributed by atoms with van der Waals surface area (Å²) in [5.74, 6) is -1.71. The van der Waals surface area contributed by atoms with Crippen molar-refractivity contribution in [1.29, 1.82) is 0 Å². The van der Waals surface area contributed by atoms with E-state index in [1.807, 2.05) is 12.1 Å². The van der Waals surface area contributed by atoms with E-state index in [0.29, 0.717) is 6.42 Å². The van der Waals surface area contributed by atoms with Gasteiger partial charge < -0.3 is 4.74 Å². The monoisotopic (exact) mass is 441 g/mol. The molecule has 2 aromatic rings. The predicted molar refractivity (Wildman–Crippen MR) is 107 cm³/mol. The van der Waals surface area contributed by atoms with Gasteiger partial charge in [0.15, 0.2) is 6.23 Å². The number of ether oxygens (including phenoxy) is 1. The molecule has 0 amide bonds. The Kier molecular flexibility index (Phi) is 6.27. The van der Waals surface area contributed by atoms with Crippen LogP contribution in [-0.4, -0.2) is 52.7 Å². The van der Waals surface area contributed by atoms with Crippen LogP contribution in [0.3, 0.4) is 0 Å². The highest BCUT2D eigenvalue weighted by molar-refractivity contribution is 7.89. The van der Waals surface area contributed by atoms with Gasteiger partial charge in [-0.15, -0.1) is 0 Å². The maximum atomic E-state index is 13.4. The molecular formula is C19H23NO7S2. The maximum absolute atomic E-state index is 13.4. The fraction of sp³-hybridized carbons (Fsp3) is 0.421. The van der Waals surface area contributed by atoms with Crippen molar-refractivity contribution in [3.05, 3.63) is 42.5 Å². The van der Waals surface area contributed by atoms with Gasteiger partial charge in [-0.25, -0.2) is 12.6 Å². The highest BCUT2D eigenvalue weighted by Gasteiger charge is 2.45. The summed E-state index contributed by atoms with van der Waals surface area (Å²) in [7, 11) is -8.15. The average Bonchev–Trinajstić information content (AvgIpc) is 2.66. The first kappa shape index (κ1) is 21.7. The molecule has 3 rings (SSSR count). The molecule has 1 fully saturated rings. The van der Waals surface area contributed by atoms with Gasteiger partial charge >= 0.3 is 5.97 Å². The van der Waals surface area contributed by atoms with Crippen LogP contribution in [0.15, 0.2) is 47.4 Å². The summed E-state index contributed by atoms with van der Waals surface area (Å²) in [4.78, 5) is 12.4. The van der Waals surface area contributed by atoms with Crippen LogP contribution in [0.4, 0.5) is 0 Å². The van der Waals surface area contributed by atoms with E-state index in [1.165, 1.54) is 12.1 Å². The van der Waals surface area contributed by atoms with Crippen molar-refractivity contribution < 1.29 is 30.6 Å². The molecule has 1 aliphatic rings. The summed E-state index contributed by atoms with van der Waals surface area (Å²) in [6.07, 6.45) is -0.0258. The van der Waals surface area contributed by atoms with Crippen LogP contribution in [0.1, 0.15) is 19.8 Å². The number of benzene rings is 2. The van der Waals surface area contributed by atoms with Crippen molar-refractivity contribution in [1.82, 2.24) is 4.31 Å². The van der Waals surface area contributed by atoms with E-state index in [1.54, 1.807) is 25.1 Å². The van der Waals surface area contributed by atoms with Gasteiger partial charge in [0, 0.05) is 6.54 Å². The standard InChI is InChI=1S/C19H23NO7S2/c1-3-26-19(21)17-9-6-12-20(18(17)27-28(2,22)23)29(24,25)16-11-10-14-7-4-5-8-15(14)13-16/h4-5,7-8,10-11,13,17-18H,3,6,9,12H2,1-2H3. The van der Waals surface area contributed by atoms with Crippen LogP contribution in [0.2, 0.25) is 0 Å². The first-order chi connectivity index (χ1) is 13.6. The lowest BCUT2D eigenvalue weighted by Crippen LogP contribution is -2.52. The fourth-order valence-corrected chi connectivity index (χ4v) is 5.71. The quantitative estimate of drug-likeness (QED) is 0.499. The molecule has 10 heteroatoms. The number of fused-ring (bicyclic) bond motifs is 1. The Labute approximate surface area is 170 Å². The fourth-order valence-electron chi connectivity index (χ4n) is 3.44. The number of carbonyl (C=O) groups excluding carboxylic acids is 1. The summed E-state index contributed by atoms with van der Waals surface area (Å²) < 4.78 is 61.4. The number of sulfonamides is 1. The van der Waals surface area contributed by atoms with E-state index in [-0.39, 0.29) is 24.5 Å². The van der Waals surface area contributed by atoms with Crippen LogP contribution in [-0.2, 0) is 33.9 Å². The summed E-state index contributed by atoms with van der Waals surface area (Å²) >= 11 is 0. The SMILES string of the molecule is CCOC(=O)C1CCCN(S(=O)(=O)c2ccc3ccccc3c2)C1OS(C)(=O)=O. The Bertz CT molecular complexity index is 1110. The van der Waals surface area contributed by atoms with Crippen LogP contribution < -0.4 is 0 Å². The van der Waals surface area contributed by atoms with Crippen molar-refractivity contribution >= 4 is 36.9 Å². The number of hydrogen-bond acceptors (Lipinski definition) is 7. The number of hydrogen-bond donors (Lipinski definition) is 0. The Morgan fingerprint density at radius 3 is 2.45 bits per heavy atom. The first-order valence-electron chi connectivity index (χ1n) is 9.19. The zero-order valence-corrected chi connectivity index (χ0v) is 17.8. The molecule has 158 valence electrons. The van der Waals surface area contributed by atoms with Crippen molar-refractivity contribution in [2.45, 2.75) is 30.9 Å². The van der Waals surface area contributed by atoms with Gasteiger partial charge in [0.2, 0.25) is 10.0 Å². The number of esters is 1. The third kappa shape index (κ3) is 4.77. The van der Waals surface area contributed by atoms with Gasteiger partial charge in [0.1, 0.15) is 0 Å². The van der Waals surface area contributed by atoms with Crippen LogP contribution in [0.5, 0.6) is 0 Å². The molecule has 0 aliphatic carbocycles. The van der Waals surface area contributed by atoms with Crippen molar-refractivity contribution in [3.8, 4) is 0 Å². The molecule has 1 saturated heterocycles. The third-order valence-electron chi connectivity index (χ3n) is 4.71. The lowest BCUT2D eigenvalue weighted by atomic mass is 9.98. The topological polar surface area (TPSA) is 107 Å². The second kappa shape index (κ2) is 8.39. The minimum Gasteiger partial charge on any atom is -0.466 e. The van der Waals surface area contributed by atoms with Crippen LogP contribution >= 0.6 is 0 Å². The molecule has 0 radical (unpaired) electrons. The Morgan fingerprint density at radius 2 is 1.79 bits per heavy atom. The Morgan fingerprint density at radius 1 is 1.10 bits per heavy atom. The maximum Gasteiger partial charge on any atom is 0.313 e. The third-order valence-corrected chi connectivity index (χ3v) is 7.12. The van der Waals surface area contributed by atoms with Gasteiger partial charge in [0.25, 0.3) is 10.1 Å². The summed E-state index contributed by atoms with van der Waals surface area (Å²) in [6, 6.07) is 12.0. The smallest absolute Gasteiger partial charge is 0.313 e. The molecule has 8 nitrogen and oxygen atoms in total. The van der Waals surface area contributed by atoms with E-state index in [0.717, 1.165) is 21.3 Å². The molecule has 1 heterocycles. The molecule has 0 N–H and O–H groups in total. The Balaban J connectivity index is 2.04. The minimum atomic E-state index is -4.12. The highest BCUT2D eigenvalue weighted by Crippen LogP contribution is 2.32. The molecule has 2 atom stereocenters.